The molecule has 0 aliphatic carbocycles. The second-order valence-corrected chi connectivity index (χ2v) is 5.08. The number of nitrogens with one attached hydrogen (secondary N) is 1. The van der Waals surface area contributed by atoms with Crippen molar-refractivity contribution in [2.45, 2.75) is 64.8 Å². The van der Waals surface area contributed by atoms with Crippen LogP contribution in [0.15, 0.2) is 0 Å². The van der Waals surface area contributed by atoms with E-state index in [1.807, 2.05) is 13.8 Å². The summed E-state index contributed by atoms with van der Waals surface area (Å²) in [5, 5.41) is 3.03. The summed E-state index contributed by atoms with van der Waals surface area (Å²) in [7, 11) is 1.78. The van der Waals surface area contributed by atoms with Crippen molar-refractivity contribution in [2.75, 3.05) is 26.9 Å². The van der Waals surface area contributed by atoms with Crippen molar-refractivity contribution in [3.05, 3.63) is 0 Å². The standard InChI is InChI=1S/C15H31NO3/c1-5-7-8-9-10-12-18-13-11-15(3,16-4)14(17)19-6-2/h16H,5-13H2,1-4H3. The molecule has 19 heavy (non-hydrogen) atoms. The molecule has 0 rings (SSSR count). The van der Waals surface area contributed by atoms with Gasteiger partial charge >= 0.3 is 5.97 Å². The van der Waals surface area contributed by atoms with E-state index in [9.17, 15) is 4.79 Å². The van der Waals surface area contributed by atoms with Crippen LogP contribution in [0.3, 0.4) is 0 Å². The smallest absolute Gasteiger partial charge is 0.326 e. The van der Waals surface area contributed by atoms with Crippen molar-refractivity contribution >= 4 is 5.97 Å². The predicted octanol–water partition coefficient (Wildman–Crippen LogP) is 2.90. The summed E-state index contributed by atoms with van der Waals surface area (Å²) in [6.07, 6.45) is 6.83. The van der Waals surface area contributed by atoms with E-state index in [-0.39, 0.29) is 5.97 Å². The molecule has 4 heteroatoms. The highest BCUT2D eigenvalue weighted by Crippen LogP contribution is 2.12. The molecule has 0 saturated carbocycles. The van der Waals surface area contributed by atoms with Gasteiger partial charge in [0.2, 0.25) is 0 Å². The lowest BCUT2D eigenvalue weighted by molar-refractivity contribution is -0.151. The lowest BCUT2D eigenvalue weighted by atomic mass is 9.99. The van der Waals surface area contributed by atoms with E-state index in [0.717, 1.165) is 13.0 Å². The SMILES string of the molecule is CCCCCCCOCCC(C)(NC)C(=O)OCC. The highest BCUT2D eigenvalue weighted by Gasteiger charge is 2.32. The Balaban J connectivity index is 3.69. The van der Waals surface area contributed by atoms with E-state index in [4.69, 9.17) is 9.47 Å². The number of hydrogen-bond acceptors (Lipinski definition) is 4. The highest BCUT2D eigenvalue weighted by molar-refractivity contribution is 5.80. The Morgan fingerprint density at radius 2 is 1.79 bits per heavy atom. The Labute approximate surface area is 118 Å². The number of esters is 1. The van der Waals surface area contributed by atoms with Crippen molar-refractivity contribution in [1.82, 2.24) is 5.32 Å². The van der Waals surface area contributed by atoms with Gasteiger partial charge in [-0.15, -0.1) is 0 Å². The third-order valence-corrected chi connectivity index (χ3v) is 3.42. The molecule has 0 heterocycles. The molecular weight excluding hydrogens is 242 g/mol. The normalized spacial score (nSPS) is 14.1. The van der Waals surface area contributed by atoms with Gasteiger partial charge in [0.1, 0.15) is 5.54 Å². The zero-order valence-electron chi connectivity index (χ0n) is 13.1. The second-order valence-electron chi connectivity index (χ2n) is 5.08. The average Bonchev–Trinajstić information content (AvgIpc) is 2.41. The summed E-state index contributed by atoms with van der Waals surface area (Å²) in [5.41, 5.74) is -0.641. The third-order valence-electron chi connectivity index (χ3n) is 3.42. The summed E-state index contributed by atoms with van der Waals surface area (Å²) in [4.78, 5) is 11.8. The number of carbonyl (C=O) groups is 1. The molecule has 0 aromatic rings. The zero-order chi connectivity index (χ0) is 14.6. The van der Waals surface area contributed by atoms with Gasteiger partial charge in [-0.2, -0.15) is 0 Å². The molecule has 0 aliphatic rings. The summed E-state index contributed by atoms with van der Waals surface area (Å²) in [6, 6.07) is 0. The topological polar surface area (TPSA) is 47.6 Å². The van der Waals surface area contributed by atoms with Crippen molar-refractivity contribution in [1.29, 1.82) is 0 Å². The number of unbranched alkanes of at least 4 members (excludes halogenated alkanes) is 4. The minimum atomic E-state index is -0.641. The lowest BCUT2D eigenvalue weighted by Gasteiger charge is -2.26. The number of rotatable bonds is 12. The van der Waals surface area contributed by atoms with E-state index >= 15 is 0 Å². The van der Waals surface area contributed by atoms with Gasteiger partial charge in [0.15, 0.2) is 0 Å². The van der Waals surface area contributed by atoms with Gasteiger partial charge in [0.25, 0.3) is 0 Å². The van der Waals surface area contributed by atoms with Crippen molar-refractivity contribution in [3.8, 4) is 0 Å². The van der Waals surface area contributed by atoms with Crippen molar-refractivity contribution in [2.24, 2.45) is 0 Å². The monoisotopic (exact) mass is 273 g/mol. The molecule has 0 spiro atoms. The molecule has 0 aromatic heterocycles. The van der Waals surface area contributed by atoms with Gasteiger partial charge in [-0.05, 0) is 33.7 Å². The summed E-state index contributed by atoms with van der Waals surface area (Å²) in [6.45, 7) is 7.67. The minimum absolute atomic E-state index is 0.205. The van der Waals surface area contributed by atoms with E-state index < -0.39 is 5.54 Å². The van der Waals surface area contributed by atoms with E-state index in [2.05, 4.69) is 12.2 Å². The third kappa shape index (κ3) is 8.22. The Morgan fingerprint density at radius 3 is 2.37 bits per heavy atom. The fourth-order valence-electron chi connectivity index (χ4n) is 1.81. The first-order valence-electron chi connectivity index (χ1n) is 7.54. The van der Waals surface area contributed by atoms with Gasteiger partial charge < -0.3 is 14.8 Å². The summed E-state index contributed by atoms with van der Waals surface area (Å²) in [5.74, 6) is -0.205. The van der Waals surface area contributed by atoms with E-state index in [0.29, 0.717) is 19.6 Å². The largest absolute Gasteiger partial charge is 0.465 e. The van der Waals surface area contributed by atoms with Gasteiger partial charge in [0, 0.05) is 13.2 Å². The molecule has 0 aromatic carbocycles. The quantitative estimate of drug-likeness (QED) is 0.439. The van der Waals surface area contributed by atoms with E-state index in [1.165, 1.54) is 25.7 Å². The van der Waals surface area contributed by atoms with Gasteiger partial charge in [0.05, 0.1) is 6.61 Å². The van der Waals surface area contributed by atoms with Crippen LogP contribution in [0.1, 0.15) is 59.3 Å². The Bertz CT molecular complexity index is 233. The maximum Gasteiger partial charge on any atom is 0.326 e. The summed E-state index contributed by atoms with van der Waals surface area (Å²) < 4.78 is 10.7. The Kier molecular flexibility index (Phi) is 10.9. The highest BCUT2D eigenvalue weighted by atomic mass is 16.5. The minimum Gasteiger partial charge on any atom is -0.465 e. The zero-order valence-corrected chi connectivity index (χ0v) is 13.1. The van der Waals surface area contributed by atoms with Crippen LogP contribution in [-0.4, -0.2) is 38.4 Å². The van der Waals surface area contributed by atoms with Gasteiger partial charge in [-0.25, -0.2) is 0 Å². The van der Waals surface area contributed by atoms with Crippen LogP contribution in [0.4, 0.5) is 0 Å². The maximum absolute atomic E-state index is 11.8. The molecule has 114 valence electrons. The number of ether oxygens (including phenoxy) is 2. The molecule has 0 bridgehead atoms. The van der Waals surface area contributed by atoms with E-state index in [1.54, 1.807) is 7.05 Å². The molecule has 1 atom stereocenters. The van der Waals surface area contributed by atoms with Gasteiger partial charge in [-0.1, -0.05) is 32.6 Å². The van der Waals surface area contributed by atoms with Crippen LogP contribution in [0.25, 0.3) is 0 Å². The van der Waals surface area contributed by atoms with Crippen LogP contribution < -0.4 is 5.32 Å². The van der Waals surface area contributed by atoms with Crippen LogP contribution in [-0.2, 0) is 14.3 Å². The first kappa shape index (κ1) is 18.4. The average molecular weight is 273 g/mol. The lowest BCUT2D eigenvalue weighted by Crippen LogP contribution is -2.49. The van der Waals surface area contributed by atoms with Crippen LogP contribution in [0, 0.1) is 0 Å². The molecular formula is C15H31NO3. The van der Waals surface area contributed by atoms with Crippen molar-refractivity contribution in [3.63, 3.8) is 0 Å². The molecule has 0 aliphatic heterocycles. The molecule has 0 radical (unpaired) electrons. The molecule has 1 N–H and O–H groups in total. The molecule has 1 unspecified atom stereocenters. The Morgan fingerprint density at radius 1 is 1.11 bits per heavy atom. The number of carbonyl (C=O) groups excluding carboxylic acids is 1. The van der Waals surface area contributed by atoms with Crippen LogP contribution >= 0.6 is 0 Å². The fourth-order valence-corrected chi connectivity index (χ4v) is 1.81. The van der Waals surface area contributed by atoms with Gasteiger partial charge in [-0.3, -0.25) is 4.79 Å². The Hall–Kier alpha value is -0.610. The maximum atomic E-state index is 11.8. The van der Waals surface area contributed by atoms with Crippen LogP contribution in [0.2, 0.25) is 0 Å². The predicted molar refractivity (Wildman–Crippen MR) is 78.3 cm³/mol. The number of likely N-dealkylation sites (N-methyl/N-ethyl adjacent to an activating group) is 1. The number of hydrogen-bond donors (Lipinski definition) is 1. The molecule has 0 saturated heterocycles. The fraction of sp³-hybridized carbons (Fsp3) is 0.933. The first-order chi connectivity index (χ1) is 9.10. The molecule has 4 nitrogen and oxygen atoms in total. The van der Waals surface area contributed by atoms with Crippen LogP contribution in [0.5, 0.6) is 0 Å². The molecule has 0 amide bonds. The van der Waals surface area contributed by atoms with Crippen molar-refractivity contribution < 1.29 is 14.3 Å². The summed E-state index contributed by atoms with van der Waals surface area (Å²) >= 11 is 0. The first-order valence-corrected chi connectivity index (χ1v) is 7.54. The molecule has 0 fully saturated rings. The second kappa shape index (κ2) is 11.2.